The van der Waals surface area contributed by atoms with Gasteiger partial charge in [0.2, 0.25) is 5.91 Å². The summed E-state index contributed by atoms with van der Waals surface area (Å²) in [7, 11) is 0. The zero-order chi connectivity index (χ0) is 24.7. The van der Waals surface area contributed by atoms with Gasteiger partial charge in [-0.3, -0.25) is 14.5 Å². The normalized spacial score (nSPS) is 18.2. The number of hydrogen-bond acceptors (Lipinski definition) is 5. The van der Waals surface area contributed by atoms with Gasteiger partial charge in [0, 0.05) is 16.6 Å². The average Bonchev–Trinajstić information content (AvgIpc) is 3.31. The first-order chi connectivity index (χ1) is 16.8. The molecule has 2 aliphatic rings. The second-order valence-corrected chi connectivity index (χ2v) is 10.0. The molecule has 1 aromatic heterocycles. The summed E-state index contributed by atoms with van der Waals surface area (Å²) in [6, 6.07) is 6.00. The van der Waals surface area contributed by atoms with E-state index in [1.165, 1.54) is 6.07 Å². The van der Waals surface area contributed by atoms with Crippen LogP contribution in [0.4, 0.5) is 10.1 Å². The summed E-state index contributed by atoms with van der Waals surface area (Å²) in [5.41, 5.74) is 2.08. The number of carbonyl (C=O) groups is 1. The maximum Gasteiger partial charge on any atom is 0.258 e. The van der Waals surface area contributed by atoms with Gasteiger partial charge in [-0.2, -0.15) is 0 Å². The summed E-state index contributed by atoms with van der Waals surface area (Å²) in [6.07, 6.45) is 2.90. The second-order valence-electron chi connectivity index (χ2n) is 9.17. The van der Waals surface area contributed by atoms with Crippen molar-refractivity contribution in [2.45, 2.75) is 38.8 Å². The summed E-state index contributed by atoms with van der Waals surface area (Å²) in [5, 5.41) is 4.19. The number of rotatable bonds is 5. The van der Waals surface area contributed by atoms with Crippen LogP contribution in [0.25, 0.3) is 10.9 Å². The van der Waals surface area contributed by atoms with Gasteiger partial charge in [-0.25, -0.2) is 9.37 Å². The standard InChI is InChI=1S/C25H26Cl2FN5O2/c1-14-24-15(8-16(26)9-18(24)27)4-7-33(14)23(34)12-29-21-11-20-17(10-19(21)28)25(35)31-22(30-20)13-32-5-2-3-6-32/h8-11,14,29H,2-7,12-13H2,1H3,(H,30,31,35). The predicted octanol–water partition coefficient (Wildman–Crippen LogP) is 4.52. The summed E-state index contributed by atoms with van der Waals surface area (Å²) in [6.45, 7) is 4.82. The van der Waals surface area contributed by atoms with Gasteiger partial charge in [-0.1, -0.05) is 23.2 Å². The number of amides is 1. The van der Waals surface area contributed by atoms with Crippen molar-refractivity contribution in [1.82, 2.24) is 19.8 Å². The van der Waals surface area contributed by atoms with E-state index in [9.17, 15) is 14.0 Å². The van der Waals surface area contributed by atoms with Crippen molar-refractivity contribution in [2.75, 3.05) is 31.5 Å². The van der Waals surface area contributed by atoms with Crippen molar-refractivity contribution in [2.24, 2.45) is 0 Å². The number of benzene rings is 2. The van der Waals surface area contributed by atoms with E-state index in [0.29, 0.717) is 40.9 Å². The summed E-state index contributed by atoms with van der Waals surface area (Å²) in [5.74, 6) is -0.238. The molecule has 2 aromatic carbocycles. The Morgan fingerprint density at radius 2 is 1.97 bits per heavy atom. The van der Waals surface area contributed by atoms with E-state index in [0.717, 1.165) is 43.1 Å². The van der Waals surface area contributed by atoms with Crippen molar-refractivity contribution in [1.29, 1.82) is 0 Å². The van der Waals surface area contributed by atoms with E-state index in [2.05, 4.69) is 20.2 Å². The van der Waals surface area contributed by atoms with Crippen molar-refractivity contribution in [3.05, 3.63) is 67.4 Å². The van der Waals surface area contributed by atoms with Gasteiger partial charge in [-0.15, -0.1) is 0 Å². The summed E-state index contributed by atoms with van der Waals surface area (Å²) >= 11 is 12.5. The largest absolute Gasteiger partial charge is 0.374 e. The third-order valence-corrected chi connectivity index (χ3v) is 7.38. The molecular weight excluding hydrogens is 492 g/mol. The monoisotopic (exact) mass is 517 g/mol. The van der Waals surface area contributed by atoms with Crippen LogP contribution < -0.4 is 10.9 Å². The number of aromatic amines is 1. The maximum absolute atomic E-state index is 14.8. The van der Waals surface area contributed by atoms with Crippen molar-refractivity contribution >= 4 is 45.7 Å². The van der Waals surface area contributed by atoms with Crippen LogP contribution in [0.3, 0.4) is 0 Å². The third kappa shape index (κ3) is 4.87. The molecule has 1 unspecified atom stereocenters. The minimum Gasteiger partial charge on any atom is -0.374 e. The lowest BCUT2D eigenvalue weighted by molar-refractivity contribution is -0.131. The van der Waals surface area contributed by atoms with Gasteiger partial charge < -0.3 is 15.2 Å². The molecule has 2 aliphatic heterocycles. The third-order valence-electron chi connectivity index (χ3n) is 6.85. The van der Waals surface area contributed by atoms with E-state index in [4.69, 9.17) is 23.2 Å². The van der Waals surface area contributed by atoms with Crippen LogP contribution in [0.2, 0.25) is 10.0 Å². The molecule has 2 N–H and O–H groups in total. The minimum atomic E-state index is -0.611. The van der Waals surface area contributed by atoms with Gasteiger partial charge >= 0.3 is 0 Å². The van der Waals surface area contributed by atoms with E-state index in [1.54, 1.807) is 11.0 Å². The molecule has 0 radical (unpaired) electrons. The van der Waals surface area contributed by atoms with Crippen LogP contribution in [-0.4, -0.2) is 51.9 Å². The molecule has 0 aliphatic carbocycles. The Balaban J connectivity index is 1.33. The molecule has 1 saturated heterocycles. The molecule has 35 heavy (non-hydrogen) atoms. The van der Waals surface area contributed by atoms with Crippen LogP contribution in [0.1, 0.15) is 42.8 Å². The maximum atomic E-state index is 14.8. The molecule has 7 nitrogen and oxygen atoms in total. The van der Waals surface area contributed by atoms with Crippen LogP contribution in [0.15, 0.2) is 29.1 Å². The minimum absolute atomic E-state index is 0.100. The smallest absolute Gasteiger partial charge is 0.258 e. The first-order valence-corrected chi connectivity index (χ1v) is 12.5. The van der Waals surface area contributed by atoms with E-state index >= 15 is 0 Å². The quantitative estimate of drug-likeness (QED) is 0.519. The highest BCUT2D eigenvalue weighted by Crippen LogP contribution is 2.37. The Kier molecular flexibility index (Phi) is 6.70. The molecule has 0 saturated carbocycles. The highest BCUT2D eigenvalue weighted by atomic mass is 35.5. The number of nitrogens with one attached hydrogen (secondary N) is 2. The van der Waals surface area contributed by atoms with E-state index in [-0.39, 0.29) is 35.1 Å². The van der Waals surface area contributed by atoms with Crippen LogP contribution >= 0.6 is 23.2 Å². The van der Waals surface area contributed by atoms with E-state index < -0.39 is 5.82 Å². The Morgan fingerprint density at radius 3 is 2.74 bits per heavy atom. The fourth-order valence-corrected chi connectivity index (χ4v) is 5.78. The molecular formula is C25H26Cl2FN5O2. The number of likely N-dealkylation sites (tertiary alicyclic amines) is 1. The molecule has 1 atom stereocenters. The lowest BCUT2D eigenvalue weighted by Gasteiger charge is -2.36. The number of hydrogen-bond donors (Lipinski definition) is 2. The molecule has 5 rings (SSSR count). The summed E-state index contributed by atoms with van der Waals surface area (Å²) in [4.78, 5) is 36.8. The zero-order valence-corrected chi connectivity index (χ0v) is 20.8. The predicted molar refractivity (Wildman–Crippen MR) is 136 cm³/mol. The van der Waals surface area contributed by atoms with Crippen molar-refractivity contribution in [3.63, 3.8) is 0 Å². The number of aromatic nitrogens is 2. The molecule has 10 heteroatoms. The number of anilines is 1. The Labute approximate surface area is 212 Å². The van der Waals surface area contributed by atoms with Crippen LogP contribution in [-0.2, 0) is 17.8 Å². The number of carbonyl (C=O) groups excluding carboxylic acids is 1. The number of halogens is 3. The molecule has 3 heterocycles. The zero-order valence-electron chi connectivity index (χ0n) is 19.3. The topological polar surface area (TPSA) is 81.3 Å². The Hall–Kier alpha value is -2.68. The fourth-order valence-electron chi connectivity index (χ4n) is 5.09. The van der Waals surface area contributed by atoms with E-state index in [1.807, 2.05) is 13.0 Å². The fraction of sp³-hybridized carbons (Fsp3) is 0.400. The highest BCUT2D eigenvalue weighted by molar-refractivity contribution is 6.35. The highest BCUT2D eigenvalue weighted by Gasteiger charge is 2.29. The SMILES string of the molecule is CC1c2c(Cl)cc(Cl)cc2CCN1C(=O)CNc1cc2nc(CN3CCCC3)[nH]c(=O)c2cc1F. The first-order valence-electron chi connectivity index (χ1n) is 11.8. The molecule has 3 aromatic rings. The van der Waals surface area contributed by atoms with Gasteiger partial charge in [-0.05, 0) is 74.7 Å². The molecule has 1 fully saturated rings. The van der Waals surface area contributed by atoms with Gasteiger partial charge in [0.05, 0.1) is 35.7 Å². The second kappa shape index (κ2) is 9.76. The van der Waals surface area contributed by atoms with Crippen LogP contribution in [0, 0.1) is 5.82 Å². The van der Waals surface area contributed by atoms with Crippen molar-refractivity contribution in [3.8, 4) is 0 Å². The number of H-pyrrole nitrogens is 1. The Morgan fingerprint density at radius 1 is 1.20 bits per heavy atom. The molecule has 0 spiro atoms. The molecule has 0 bridgehead atoms. The van der Waals surface area contributed by atoms with Gasteiger partial charge in [0.15, 0.2) is 0 Å². The molecule has 1 amide bonds. The van der Waals surface area contributed by atoms with Gasteiger partial charge in [0.1, 0.15) is 11.6 Å². The summed E-state index contributed by atoms with van der Waals surface area (Å²) < 4.78 is 14.8. The van der Waals surface area contributed by atoms with Gasteiger partial charge in [0.25, 0.3) is 5.56 Å². The Bertz CT molecular complexity index is 1360. The number of fused-ring (bicyclic) bond motifs is 2. The lowest BCUT2D eigenvalue weighted by atomic mass is 9.93. The average molecular weight is 518 g/mol. The first kappa shape index (κ1) is 24.0. The number of nitrogens with zero attached hydrogens (tertiary/aromatic N) is 3. The van der Waals surface area contributed by atoms with Crippen molar-refractivity contribution < 1.29 is 9.18 Å². The molecule has 184 valence electrons. The van der Waals surface area contributed by atoms with Crippen LogP contribution in [0.5, 0.6) is 0 Å². The lowest BCUT2D eigenvalue weighted by Crippen LogP contribution is -2.42.